The predicted molar refractivity (Wildman–Crippen MR) is 119 cm³/mol. The minimum atomic E-state index is -0.146. The molecule has 0 aromatic carbocycles. The number of likely N-dealkylation sites (tertiary alicyclic amines) is 1. The Morgan fingerprint density at radius 1 is 1.17 bits per heavy atom. The summed E-state index contributed by atoms with van der Waals surface area (Å²) in [6, 6.07) is 5.85. The van der Waals surface area contributed by atoms with Gasteiger partial charge in [0.15, 0.2) is 0 Å². The molecule has 0 atom stereocenters. The number of hydrogen-bond acceptors (Lipinski definition) is 6. The highest BCUT2D eigenvalue weighted by Crippen LogP contribution is 2.37. The Labute approximate surface area is 184 Å². The van der Waals surface area contributed by atoms with E-state index in [4.69, 9.17) is 0 Å². The second kappa shape index (κ2) is 9.63. The Morgan fingerprint density at radius 2 is 1.97 bits per heavy atom. The van der Waals surface area contributed by atoms with Crippen LogP contribution >= 0.6 is 23.1 Å². The number of nitriles is 1. The number of thiophene rings is 1. The molecule has 0 bridgehead atoms. The summed E-state index contributed by atoms with van der Waals surface area (Å²) in [6.07, 6.45) is 9.06. The molecular weight excluding hydrogens is 416 g/mol. The zero-order valence-corrected chi connectivity index (χ0v) is 18.4. The summed E-state index contributed by atoms with van der Waals surface area (Å²) in [5.74, 6) is 0.0857. The number of pyridine rings is 1. The fraction of sp³-hybridized carbons (Fsp3) is 0.455. The summed E-state index contributed by atoms with van der Waals surface area (Å²) in [7, 11) is 0. The lowest BCUT2D eigenvalue weighted by molar-refractivity contribution is -0.113. The van der Waals surface area contributed by atoms with E-state index in [2.05, 4.69) is 16.4 Å². The van der Waals surface area contributed by atoms with Gasteiger partial charge in [-0.2, -0.15) is 5.26 Å². The number of amides is 2. The van der Waals surface area contributed by atoms with Gasteiger partial charge >= 0.3 is 0 Å². The van der Waals surface area contributed by atoms with Crippen molar-refractivity contribution in [1.29, 1.82) is 5.26 Å². The quantitative estimate of drug-likeness (QED) is 0.555. The number of aryl methyl sites for hydroxylation is 1. The van der Waals surface area contributed by atoms with Gasteiger partial charge in [0, 0.05) is 24.2 Å². The number of fused-ring (bicyclic) bond motifs is 1. The molecule has 156 valence electrons. The summed E-state index contributed by atoms with van der Waals surface area (Å²) < 4.78 is 0. The van der Waals surface area contributed by atoms with Gasteiger partial charge in [-0.25, -0.2) is 4.98 Å². The first kappa shape index (κ1) is 20.9. The van der Waals surface area contributed by atoms with E-state index in [0.717, 1.165) is 57.2 Å². The number of rotatable bonds is 5. The smallest absolute Gasteiger partial charge is 0.255 e. The third kappa shape index (κ3) is 4.68. The van der Waals surface area contributed by atoms with Crippen LogP contribution in [0.5, 0.6) is 0 Å². The van der Waals surface area contributed by atoms with E-state index >= 15 is 0 Å². The van der Waals surface area contributed by atoms with Crippen LogP contribution in [-0.2, 0) is 17.6 Å². The molecule has 6 nitrogen and oxygen atoms in total. The van der Waals surface area contributed by atoms with E-state index in [1.54, 1.807) is 29.7 Å². The first-order chi connectivity index (χ1) is 14.7. The number of thioether (sulfide) groups is 1. The third-order valence-electron chi connectivity index (χ3n) is 5.51. The number of nitrogens with one attached hydrogen (secondary N) is 1. The molecule has 0 saturated carbocycles. The van der Waals surface area contributed by atoms with Gasteiger partial charge < -0.3 is 10.2 Å². The molecule has 0 radical (unpaired) electrons. The van der Waals surface area contributed by atoms with Gasteiger partial charge in [-0.05, 0) is 56.2 Å². The topological polar surface area (TPSA) is 86.1 Å². The summed E-state index contributed by atoms with van der Waals surface area (Å²) in [5, 5.41) is 13.9. The van der Waals surface area contributed by atoms with Crippen molar-refractivity contribution in [2.45, 2.75) is 50.0 Å². The Hall–Kier alpha value is -2.37. The average molecular weight is 441 g/mol. The normalized spacial score (nSPS) is 15.9. The van der Waals surface area contributed by atoms with E-state index in [9.17, 15) is 14.9 Å². The highest BCUT2D eigenvalue weighted by atomic mass is 32.2. The van der Waals surface area contributed by atoms with Gasteiger partial charge in [0.2, 0.25) is 5.91 Å². The van der Waals surface area contributed by atoms with Crippen LogP contribution in [0.25, 0.3) is 0 Å². The molecule has 0 unspecified atom stereocenters. The van der Waals surface area contributed by atoms with Crippen LogP contribution in [0, 0.1) is 11.3 Å². The molecule has 4 rings (SSSR count). The maximum Gasteiger partial charge on any atom is 0.255 e. The van der Waals surface area contributed by atoms with Crippen molar-refractivity contribution >= 4 is 39.9 Å². The van der Waals surface area contributed by atoms with Crippen LogP contribution in [0.3, 0.4) is 0 Å². The Bertz CT molecular complexity index is 972. The van der Waals surface area contributed by atoms with E-state index in [1.807, 2.05) is 4.90 Å². The zero-order chi connectivity index (χ0) is 20.9. The minimum absolute atomic E-state index is 0.0239. The van der Waals surface area contributed by atoms with E-state index in [1.165, 1.54) is 23.1 Å². The number of carbonyl (C=O) groups is 2. The molecule has 30 heavy (non-hydrogen) atoms. The number of hydrogen-bond donors (Lipinski definition) is 1. The number of nitrogens with zero attached hydrogens (tertiary/aromatic N) is 3. The molecule has 1 saturated heterocycles. The van der Waals surface area contributed by atoms with Gasteiger partial charge in [0.1, 0.15) is 11.1 Å². The zero-order valence-electron chi connectivity index (χ0n) is 16.8. The average Bonchev–Trinajstić information content (AvgIpc) is 3.35. The molecule has 1 fully saturated rings. The molecule has 1 N–H and O–H groups in total. The maximum atomic E-state index is 12.5. The van der Waals surface area contributed by atoms with Crippen LogP contribution in [0.4, 0.5) is 5.00 Å². The summed E-state index contributed by atoms with van der Waals surface area (Å²) in [4.78, 5) is 32.3. The van der Waals surface area contributed by atoms with Crippen LogP contribution in [-0.4, -0.2) is 40.5 Å². The van der Waals surface area contributed by atoms with E-state index in [0.29, 0.717) is 21.2 Å². The monoisotopic (exact) mass is 440 g/mol. The highest BCUT2D eigenvalue weighted by Gasteiger charge is 2.22. The predicted octanol–water partition coefficient (Wildman–Crippen LogP) is 4.25. The Morgan fingerprint density at radius 3 is 2.70 bits per heavy atom. The van der Waals surface area contributed by atoms with Crippen molar-refractivity contribution in [1.82, 2.24) is 9.88 Å². The molecule has 3 heterocycles. The largest absolute Gasteiger partial charge is 0.339 e. The number of carbonyl (C=O) groups excluding carboxylic acids is 2. The standard InChI is InChI=1S/C22H24N4O2S2/c23-12-17-16-6-2-1-3-7-18(16)30-21(17)25-19(27)14-29-20-9-8-15(13-24-20)22(28)26-10-4-5-11-26/h8-9,13H,1-7,10-11,14H2,(H,25,27). The van der Waals surface area contributed by atoms with Gasteiger partial charge in [-0.3, -0.25) is 9.59 Å². The molecule has 8 heteroatoms. The maximum absolute atomic E-state index is 12.5. The fourth-order valence-corrected chi connectivity index (χ4v) is 5.84. The molecule has 1 aliphatic carbocycles. The molecular formula is C22H24N4O2S2. The van der Waals surface area contributed by atoms with Crippen molar-refractivity contribution < 1.29 is 9.59 Å². The fourth-order valence-electron chi connectivity index (χ4n) is 3.95. The molecule has 2 aromatic rings. The van der Waals surface area contributed by atoms with Crippen molar-refractivity contribution in [2.24, 2.45) is 0 Å². The summed E-state index contributed by atoms with van der Waals surface area (Å²) in [5.41, 5.74) is 2.35. The number of aromatic nitrogens is 1. The van der Waals surface area contributed by atoms with Crippen molar-refractivity contribution in [3.8, 4) is 6.07 Å². The summed E-state index contributed by atoms with van der Waals surface area (Å²) in [6.45, 7) is 1.62. The van der Waals surface area contributed by atoms with E-state index < -0.39 is 0 Å². The van der Waals surface area contributed by atoms with Crippen molar-refractivity contribution in [3.63, 3.8) is 0 Å². The Kier molecular flexibility index (Phi) is 6.70. The molecule has 2 amide bonds. The molecule has 2 aliphatic rings. The second-order valence-corrected chi connectivity index (χ2v) is 9.70. The minimum Gasteiger partial charge on any atom is -0.339 e. The first-order valence-electron chi connectivity index (χ1n) is 10.4. The lowest BCUT2D eigenvalue weighted by atomic mass is 10.1. The van der Waals surface area contributed by atoms with Crippen LogP contribution in [0.2, 0.25) is 0 Å². The van der Waals surface area contributed by atoms with Gasteiger partial charge in [-0.1, -0.05) is 18.2 Å². The van der Waals surface area contributed by atoms with E-state index in [-0.39, 0.29) is 17.6 Å². The lowest BCUT2D eigenvalue weighted by Crippen LogP contribution is -2.27. The summed E-state index contributed by atoms with van der Waals surface area (Å²) >= 11 is 2.87. The second-order valence-electron chi connectivity index (χ2n) is 7.60. The van der Waals surface area contributed by atoms with Crippen LogP contribution < -0.4 is 5.32 Å². The van der Waals surface area contributed by atoms with Crippen LogP contribution in [0.15, 0.2) is 23.4 Å². The van der Waals surface area contributed by atoms with Gasteiger partial charge in [0.25, 0.3) is 5.91 Å². The SMILES string of the molecule is N#Cc1c(NC(=O)CSc2ccc(C(=O)N3CCCC3)cn2)sc2c1CCCCC2. The van der Waals surface area contributed by atoms with Crippen molar-refractivity contribution in [2.75, 3.05) is 24.2 Å². The number of anilines is 1. The molecule has 2 aromatic heterocycles. The lowest BCUT2D eigenvalue weighted by Gasteiger charge is -2.14. The van der Waals surface area contributed by atoms with Gasteiger partial charge in [0.05, 0.1) is 21.9 Å². The Balaban J connectivity index is 1.34. The van der Waals surface area contributed by atoms with Gasteiger partial charge in [-0.15, -0.1) is 11.3 Å². The molecule has 1 aliphatic heterocycles. The molecule has 0 spiro atoms. The first-order valence-corrected chi connectivity index (χ1v) is 12.2. The highest BCUT2D eigenvalue weighted by molar-refractivity contribution is 7.99. The van der Waals surface area contributed by atoms with Crippen LogP contribution in [0.1, 0.15) is 58.5 Å². The van der Waals surface area contributed by atoms with Crippen molar-refractivity contribution in [3.05, 3.63) is 39.9 Å². The third-order valence-corrected chi connectivity index (χ3v) is 7.66.